The Morgan fingerprint density at radius 1 is 0.938 bits per heavy atom. The number of rotatable bonds is 8. The predicted molar refractivity (Wildman–Crippen MR) is 113 cm³/mol. The average molecular weight is 449 g/mol. The summed E-state index contributed by atoms with van der Waals surface area (Å²) in [5, 5.41) is 3.07. The summed E-state index contributed by atoms with van der Waals surface area (Å²) < 4.78 is 27.7. The van der Waals surface area contributed by atoms with E-state index < -0.39 is 18.7 Å². The van der Waals surface area contributed by atoms with Gasteiger partial charge in [-0.05, 0) is 43.6 Å². The molecule has 2 saturated heterocycles. The van der Waals surface area contributed by atoms with Crippen LogP contribution in [-0.2, 0) is 34.9 Å². The minimum absolute atomic E-state index is 0.00900. The van der Waals surface area contributed by atoms with Crippen LogP contribution in [-0.4, -0.2) is 51.6 Å². The van der Waals surface area contributed by atoms with Crippen molar-refractivity contribution in [1.29, 1.82) is 0 Å². The van der Waals surface area contributed by atoms with Gasteiger partial charge in [-0.15, -0.1) is 0 Å². The van der Waals surface area contributed by atoms with Gasteiger partial charge in [0.2, 0.25) is 5.91 Å². The monoisotopic (exact) mass is 448 g/mol. The SMILES string of the molecule is NC(=O)OCC1CCC(C(=O)NCCc2ccc(C3OCCO3)c(C3OCCO3)c2)CC1. The fourth-order valence-corrected chi connectivity index (χ4v) is 4.54. The Hall–Kier alpha value is -2.20. The molecule has 3 N–H and O–H groups in total. The van der Waals surface area contributed by atoms with Crippen molar-refractivity contribution in [2.45, 2.75) is 44.7 Å². The topological polar surface area (TPSA) is 118 Å². The molecule has 2 aliphatic heterocycles. The van der Waals surface area contributed by atoms with Crippen LogP contribution in [0.5, 0.6) is 0 Å². The number of carbonyl (C=O) groups is 2. The molecule has 3 fully saturated rings. The second-order valence-electron chi connectivity index (χ2n) is 8.50. The molecule has 0 unspecified atom stereocenters. The van der Waals surface area contributed by atoms with Gasteiger partial charge in [0, 0.05) is 23.6 Å². The number of carbonyl (C=O) groups excluding carboxylic acids is 2. The average Bonchev–Trinajstić information content (AvgIpc) is 3.52. The third-order valence-electron chi connectivity index (χ3n) is 6.29. The Labute approximate surface area is 187 Å². The molecule has 176 valence electrons. The maximum atomic E-state index is 12.6. The number of benzene rings is 1. The second kappa shape index (κ2) is 11.1. The summed E-state index contributed by atoms with van der Waals surface area (Å²) in [6.07, 6.45) is 2.49. The zero-order valence-corrected chi connectivity index (χ0v) is 18.3. The van der Waals surface area contributed by atoms with Gasteiger partial charge in [-0.2, -0.15) is 0 Å². The van der Waals surface area contributed by atoms with Crippen molar-refractivity contribution in [2.75, 3.05) is 39.6 Å². The van der Waals surface area contributed by atoms with Crippen LogP contribution in [0.3, 0.4) is 0 Å². The first kappa shape index (κ1) is 23.0. The highest BCUT2D eigenvalue weighted by Gasteiger charge is 2.29. The number of amides is 2. The molecule has 0 atom stereocenters. The highest BCUT2D eigenvalue weighted by molar-refractivity contribution is 5.78. The van der Waals surface area contributed by atoms with E-state index in [4.69, 9.17) is 29.4 Å². The van der Waals surface area contributed by atoms with Gasteiger partial charge in [0.15, 0.2) is 12.6 Å². The third-order valence-corrected chi connectivity index (χ3v) is 6.29. The number of primary amides is 1. The summed E-state index contributed by atoms with van der Waals surface area (Å²) in [5.41, 5.74) is 7.97. The number of ether oxygens (including phenoxy) is 5. The fraction of sp³-hybridized carbons (Fsp3) is 0.652. The van der Waals surface area contributed by atoms with Gasteiger partial charge in [0.25, 0.3) is 0 Å². The summed E-state index contributed by atoms with van der Waals surface area (Å²) >= 11 is 0. The maximum absolute atomic E-state index is 12.6. The molecule has 2 heterocycles. The lowest BCUT2D eigenvalue weighted by molar-refractivity contribution is -0.126. The number of hydrogen-bond acceptors (Lipinski definition) is 7. The molecular weight excluding hydrogens is 416 g/mol. The smallest absolute Gasteiger partial charge is 0.404 e. The van der Waals surface area contributed by atoms with Gasteiger partial charge < -0.3 is 34.7 Å². The molecule has 1 aromatic rings. The van der Waals surface area contributed by atoms with Crippen molar-refractivity contribution in [2.24, 2.45) is 17.6 Å². The Bertz CT molecular complexity index is 783. The van der Waals surface area contributed by atoms with Crippen LogP contribution in [0, 0.1) is 11.8 Å². The zero-order chi connectivity index (χ0) is 22.3. The molecule has 0 radical (unpaired) electrons. The van der Waals surface area contributed by atoms with Crippen molar-refractivity contribution < 1.29 is 33.3 Å². The standard InChI is InChI=1S/C23H32N2O7/c24-23(27)32-14-16-1-4-17(5-2-16)20(26)25-8-7-15-3-6-18(21-28-9-10-29-21)19(13-15)22-30-11-12-31-22/h3,6,13,16-17,21-22H,1-2,4-5,7-12,14H2,(H2,24,27)(H,25,26). The largest absolute Gasteiger partial charge is 0.449 e. The molecule has 32 heavy (non-hydrogen) atoms. The highest BCUT2D eigenvalue weighted by Crippen LogP contribution is 2.34. The Kier molecular flexibility index (Phi) is 7.96. The molecule has 9 heteroatoms. The van der Waals surface area contributed by atoms with E-state index in [1.54, 1.807) is 0 Å². The molecule has 0 spiro atoms. The molecule has 9 nitrogen and oxygen atoms in total. The van der Waals surface area contributed by atoms with Gasteiger partial charge in [-0.3, -0.25) is 4.79 Å². The van der Waals surface area contributed by atoms with E-state index in [2.05, 4.69) is 11.4 Å². The van der Waals surface area contributed by atoms with Crippen LogP contribution in [0.4, 0.5) is 4.79 Å². The molecule has 4 rings (SSSR count). The van der Waals surface area contributed by atoms with Crippen LogP contribution in [0.2, 0.25) is 0 Å². The lowest BCUT2D eigenvalue weighted by atomic mass is 9.82. The lowest BCUT2D eigenvalue weighted by Gasteiger charge is -2.27. The van der Waals surface area contributed by atoms with Crippen LogP contribution >= 0.6 is 0 Å². The third kappa shape index (κ3) is 5.98. The van der Waals surface area contributed by atoms with E-state index in [0.29, 0.717) is 46.0 Å². The van der Waals surface area contributed by atoms with Crippen molar-refractivity contribution in [3.8, 4) is 0 Å². The van der Waals surface area contributed by atoms with Crippen molar-refractivity contribution in [1.82, 2.24) is 5.32 Å². The van der Waals surface area contributed by atoms with E-state index in [1.807, 2.05) is 12.1 Å². The first-order chi connectivity index (χ1) is 15.6. The molecule has 0 bridgehead atoms. The van der Waals surface area contributed by atoms with Crippen molar-refractivity contribution >= 4 is 12.0 Å². The number of nitrogens with one attached hydrogen (secondary N) is 1. The summed E-state index contributed by atoms with van der Waals surface area (Å²) in [6.45, 7) is 3.18. The van der Waals surface area contributed by atoms with Gasteiger partial charge in [0.1, 0.15) is 0 Å². The molecule has 3 aliphatic rings. The van der Waals surface area contributed by atoms with Gasteiger partial charge in [-0.1, -0.05) is 18.2 Å². The zero-order valence-electron chi connectivity index (χ0n) is 18.3. The van der Waals surface area contributed by atoms with Crippen LogP contribution in [0.25, 0.3) is 0 Å². The first-order valence-electron chi connectivity index (χ1n) is 11.4. The molecule has 2 amide bonds. The minimum Gasteiger partial charge on any atom is -0.449 e. The van der Waals surface area contributed by atoms with Gasteiger partial charge in [0.05, 0.1) is 33.0 Å². The van der Waals surface area contributed by atoms with Crippen LogP contribution < -0.4 is 11.1 Å². The van der Waals surface area contributed by atoms with E-state index >= 15 is 0 Å². The summed E-state index contributed by atoms with van der Waals surface area (Å²) in [5.74, 6) is 0.386. The van der Waals surface area contributed by atoms with E-state index in [-0.39, 0.29) is 17.7 Å². The van der Waals surface area contributed by atoms with Crippen molar-refractivity contribution in [3.63, 3.8) is 0 Å². The summed E-state index contributed by atoms with van der Waals surface area (Å²) in [4.78, 5) is 23.3. The molecule has 0 aromatic heterocycles. The van der Waals surface area contributed by atoms with Crippen molar-refractivity contribution in [3.05, 3.63) is 34.9 Å². The van der Waals surface area contributed by atoms with Crippen LogP contribution in [0.15, 0.2) is 18.2 Å². The van der Waals surface area contributed by atoms with Gasteiger partial charge >= 0.3 is 6.09 Å². The van der Waals surface area contributed by atoms with Gasteiger partial charge in [-0.25, -0.2) is 4.79 Å². The van der Waals surface area contributed by atoms with Crippen LogP contribution in [0.1, 0.15) is 55.0 Å². The number of nitrogens with two attached hydrogens (primary N) is 1. The van der Waals surface area contributed by atoms with E-state index in [9.17, 15) is 9.59 Å². The second-order valence-corrected chi connectivity index (χ2v) is 8.50. The highest BCUT2D eigenvalue weighted by atomic mass is 16.7. The Morgan fingerprint density at radius 2 is 1.56 bits per heavy atom. The molecular formula is C23H32N2O7. The Morgan fingerprint density at radius 3 is 2.19 bits per heavy atom. The minimum atomic E-state index is -0.740. The lowest BCUT2D eigenvalue weighted by Crippen LogP contribution is -2.35. The molecule has 1 saturated carbocycles. The summed E-state index contributed by atoms with van der Waals surface area (Å²) in [7, 11) is 0. The summed E-state index contributed by atoms with van der Waals surface area (Å²) in [6, 6.07) is 6.10. The normalized spacial score (nSPS) is 24.5. The predicted octanol–water partition coefficient (Wildman–Crippen LogP) is 2.34. The first-order valence-corrected chi connectivity index (χ1v) is 11.4. The maximum Gasteiger partial charge on any atom is 0.404 e. The quantitative estimate of drug-likeness (QED) is 0.627. The Balaban J connectivity index is 1.27. The molecule has 1 aliphatic carbocycles. The number of hydrogen-bond donors (Lipinski definition) is 2. The van der Waals surface area contributed by atoms with E-state index in [0.717, 1.165) is 42.4 Å². The van der Waals surface area contributed by atoms with E-state index in [1.165, 1.54) is 0 Å². The molecule has 1 aromatic carbocycles. The fourth-order valence-electron chi connectivity index (χ4n) is 4.54.